The van der Waals surface area contributed by atoms with E-state index in [0.29, 0.717) is 5.56 Å². The molecule has 6 unspecified atom stereocenters. The largest absolute Gasteiger partial charge is 0.473 e. The fraction of sp³-hybridized carbons (Fsp3) is 0.438. The van der Waals surface area contributed by atoms with Gasteiger partial charge >= 0.3 is 20.2 Å². The molecule has 2 aliphatic rings. The van der Waals surface area contributed by atoms with Crippen molar-refractivity contribution in [3.05, 3.63) is 81.7 Å². The summed E-state index contributed by atoms with van der Waals surface area (Å²) in [7, 11) is -5.27. The number of anilines is 1. The number of H-pyrrole nitrogens is 1. The SMILES string of the molecule is N#CCCOP(=O)(O)OC1(COP(=S)(OCCC#N)OC2C(F)[C@H](CO)O[C@@H]2n2ccc(=O)[nH]c2=O)CO[C@H](n2cnc3c(NC(=O)c4ccccc4)ncnc32)C1F. The number of ether oxygens (including phenoxy) is 2. The molecule has 4 aromatic rings. The summed E-state index contributed by atoms with van der Waals surface area (Å²) >= 11 is 5.56. The molecule has 0 saturated carbocycles. The van der Waals surface area contributed by atoms with Crippen molar-refractivity contribution in [2.45, 2.75) is 55.4 Å². The summed E-state index contributed by atoms with van der Waals surface area (Å²) < 4.78 is 86.9. The second-order valence-electron chi connectivity index (χ2n) is 12.6. The first kappa shape index (κ1) is 43.8. The lowest BCUT2D eigenvalue weighted by Crippen LogP contribution is -2.46. The molecule has 0 aliphatic carbocycles. The van der Waals surface area contributed by atoms with Gasteiger partial charge in [0, 0.05) is 17.8 Å². The topological polar surface area (TPSA) is 297 Å². The van der Waals surface area contributed by atoms with E-state index >= 15 is 8.78 Å². The number of imidazole rings is 1. The van der Waals surface area contributed by atoms with Gasteiger partial charge in [-0.2, -0.15) is 10.5 Å². The lowest BCUT2D eigenvalue weighted by molar-refractivity contribution is -0.0652. The Morgan fingerprint density at radius 1 is 1.07 bits per heavy atom. The van der Waals surface area contributed by atoms with Gasteiger partial charge in [-0.25, -0.2) is 33.1 Å². The first-order valence-electron chi connectivity index (χ1n) is 17.2. The minimum atomic E-state index is -5.27. The van der Waals surface area contributed by atoms with Crippen molar-refractivity contribution in [1.82, 2.24) is 29.1 Å². The van der Waals surface area contributed by atoms with Gasteiger partial charge in [0.1, 0.15) is 18.5 Å². The number of nitrogens with one attached hydrogen (secondary N) is 2. The fourth-order valence-electron chi connectivity index (χ4n) is 5.90. The second-order valence-corrected chi connectivity index (χ2v) is 16.9. The maximum atomic E-state index is 17.1. The van der Waals surface area contributed by atoms with Gasteiger partial charge in [-0.1, -0.05) is 18.2 Å². The minimum Gasteiger partial charge on any atom is -0.394 e. The van der Waals surface area contributed by atoms with E-state index in [-0.39, 0.29) is 29.8 Å². The number of aromatic amines is 1. The van der Waals surface area contributed by atoms with Crippen molar-refractivity contribution in [2.24, 2.45) is 0 Å². The molecule has 314 valence electrons. The van der Waals surface area contributed by atoms with E-state index in [4.69, 9.17) is 49.2 Å². The normalized spacial score (nSPS) is 26.1. The average molecular weight is 884 g/mol. The van der Waals surface area contributed by atoms with Gasteiger partial charge in [0.2, 0.25) is 0 Å². The molecule has 3 aromatic heterocycles. The summed E-state index contributed by atoms with van der Waals surface area (Å²) in [6.45, 7) is -8.50. The molecule has 5 heterocycles. The Bertz CT molecular complexity index is 2450. The predicted molar refractivity (Wildman–Crippen MR) is 198 cm³/mol. The number of halogens is 2. The molecule has 2 fully saturated rings. The van der Waals surface area contributed by atoms with Gasteiger partial charge < -0.3 is 33.8 Å². The molecular formula is C32H33F2N9O13P2S. The number of phosphoric acid groups is 1. The zero-order valence-electron chi connectivity index (χ0n) is 30.2. The molecule has 4 N–H and O–H groups in total. The quantitative estimate of drug-likeness (QED) is 0.0821. The molecule has 0 bridgehead atoms. The number of benzene rings is 1. The number of alkyl halides is 2. The molecule has 1 amide bonds. The highest BCUT2D eigenvalue weighted by molar-refractivity contribution is 8.07. The van der Waals surface area contributed by atoms with Crippen LogP contribution in [0.2, 0.25) is 0 Å². The molecule has 1 aromatic carbocycles. The van der Waals surface area contributed by atoms with Crippen molar-refractivity contribution in [3.63, 3.8) is 0 Å². The Hall–Kier alpha value is -4.72. The fourth-order valence-corrected chi connectivity index (χ4v) is 9.03. The van der Waals surface area contributed by atoms with Crippen molar-refractivity contribution < 1.29 is 60.2 Å². The van der Waals surface area contributed by atoms with Crippen molar-refractivity contribution >= 4 is 49.2 Å². The number of rotatable bonds is 18. The first-order valence-corrected chi connectivity index (χ1v) is 21.3. The van der Waals surface area contributed by atoms with E-state index < -0.39 is 107 Å². The third-order valence-corrected chi connectivity index (χ3v) is 12.1. The second kappa shape index (κ2) is 18.7. The zero-order valence-corrected chi connectivity index (χ0v) is 32.8. The van der Waals surface area contributed by atoms with Gasteiger partial charge in [0.15, 0.2) is 47.4 Å². The highest BCUT2D eigenvalue weighted by Crippen LogP contribution is 2.58. The van der Waals surface area contributed by atoms with Gasteiger partial charge in [-0.05, 0) is 23.9 Å². The first-order chi connectivity index (χ1) is 28.2. The summed E-state index contributed by atoms with van der Waals surface area (Å²) in [6.07, 6.45) is -9.18. The number of amides is 1. The molecule has 2 aliphatic heterocycles. The van der Waals surface area contributed by atoms with E-state index in [1.807, 2.05) is 4.98 Å². The Balaban J connectivity index is 1.32. The number of aromatic nitrogens is 6. The minimum absolute atomic E-state index is 0.00149. The molecular weight excluding hydrogens is 850 g/mol. The lowest BCUT2D eigenvalue weighted by Gasteiger charge is -2.34. The maximum absolute atomic E-state index is 17.1. The van der Waals surface area contributed by atoms with Crippen LogP contribution in [0, 0.1) is 22.7 Å². The standard InChI is InChI=1S/C32H33F2N9O13P2S/c33-22-20(14-44)54-29(42-11-8-21(45)40-31(42)47)24(22)55-58(59,52-13-5-10-36)53-16-32(56-57(48,49)51-12-4-9-35)15-50-30(25(32)34)43-18-39-23-26(37-17-38-27(23)43)41-28(46)19-6-2-1-3-7-19/h1-3,6-8,11,17-18,20,22,24-25,29-30,44H,4-5,12-16H2,(H,48,49)(H,40,45,47)(H,37,38,41,46)/t20-,22?,24?,25?,29-,30-,32?,58?/m0/s1. The monoisotopic (exact) mass is 883 g/mol. The number of hydrogen-bond donors (Lipinski definition) is 4. The van der Waals surface area contributed by atoms with Gasteiger partial charge in [-0.15, -0.1) is 0 Å². The molecule has 0 spiro atoms. The summed E-state index contributed by atoms with van der Waals surface area (Å²) in [5, 5.41) is 30.5. The molecule has 6 rings (SSSR count). The van der Waals surface area contributed by atoms with Crippen LogP contribution in [0.5, 0.6) is 0 Å². The van der Waals surface area contributed by atoms with Crippen LogP contribution in [0.1, 0.15) is 35.7 Å². The zero-order chi connectivity index (χ0) is 42.4. The number of aliphatic hydroxyl groups is 1. The number of nitrogens with zero attached hydrogens (tertiary/aromatic N) is 7. The van der Waals surface area contributed by atoms with Crippen LogP contribution in [0.4, 0.5) is 14.6 Å². The molecule has 59 heavy (non-hydrogen) atoms. The van der Waals surface area contributed by atoms with E-state index in [2.05, 4.69) is 20.3 Å². The molecule has 9 atom stereocenters. The van der Waals surface area contributed by atoms with Crippen LogP contribution in [0.15, 0.2) is 64.8 Å². The number of aliphatic hydroxyl groups excluding tert-OH is 1. The van der Waals surface area contributed by atoms with E-state index in [1.165, 1.54) is 0 Å². The average Bonchev–Trinajstić information content (AvgIpc) is 3.87. The highest BCUT2D eigenvalue weighted by atomic mass is 32.5. The van der Waals surface area contributed by atoms with Crippen LogP contribution in [-0.4, -0.2) is 108 Å². The third kappa shape index (κ3) is 9.85. The van der Waals surface area contributed by atoms with Crippen LogP contribution in [0.25, 0.3) is 11.2 Å². The third-order valence-electron chi connectivity index (χ3n) is 8.67. The van der Waals surface area contributed by atoms with E-state index in [1.54, 1.807) is 42.5 Å². The van der Waals surface area contributed by atoms with Gasteiger partial charge in [0.25, 0.3) is 11.5 Å². The maximum Gasteiger partial charge on any atom is 0.473 e. The highest BCUT2D eigenvalue weighted by Gasteiger charge is 2.58. The molecule has 27 heteroatoms. The van der Waals surface area contributed by atoms with E-state index in [0.717, 1.165) is 34.1 Å². The number of phosphoric ester groups is 1. The van der Waals surface area contributed by atoms with Gasteiger partial charge in [-0.3, -0.25) is 37.3 Å². The number of carbonyl (C=O) groups excluding carboxylic acids is 1. The van der Waals surface area contributed by atoms with Crippen LogP contribution in [-0.2, 0) is 48.5 Å². The van der Waals surface area contributed by atoms with Crippen LogP contribution in [0.3, 0.4) is 0 Å². The van der Waals surface area contributed by atoms with Crippen molar-refractivity contribution in [2.75, 3.05) is 38.4 Å². The molecule has 2 saturated heterocycles. The van der Waals surface area contributed by atoms with Crippen LogP contribution >= 0.6 is 14.5 Å². The number of fused-ring (bicyclic) bond motifs is 1. The summed E-state index contributed by atoms with van der Waals surface area (Å²) in [5.74, 6) is -0.588. The smallest absolute Gasteiger partial charge is 0.394 e. The Morgan fingerprint density at radius 2 is 1.80 bits per heavy atom. The summed E-state index contributed by atoms with van der Waals surface area (Å²) in [6, 6.07) is 12.6. The Labute approximate surface area is 336 Å². The Morgan fingerprint density at radius 3 is 2.49 bits per heavy atom. The summed E-state index contributed by atoms with van der Waals surface area (Å²) in [5.41, 5.74) is -4.24. The van der Waals surface area contributed by atoms with Gasteiger partial charge in [0.05, 0.1) is 64.3 Å². The van der Waals surface area contributed by atoms with Crippen molar-refractivity contribution in [1.29, 1.82) is 10.5 Å². The van der Waals surface area contributed by atoms with E-state index in [9.17, 15) is 34.2 Å². The summed E-state index contributed by atoms with van der Waals surface area (Å²) in [4.78, 5) is 62.4. The number of nitriles is 2. The molecule has 0 radical (unpaired) electrons. The lowest BCUT2D eigenvalue weighted by atomic mass is 10.0. The molecule has 22 nitrogen and oxygen atoms in total. The number of hydrogen-bond acceptors (Lipinski definition) is 18. The Kier molecular flexibility index (Phi) is 13.9. The number of carbonyl (C=O) groups is 1. The van der Waals surface area contributed by atoms with Crippen molar-refractivity contribution in [3.8, 4) is 12.1 Å². The predicted octanol–water partition coefficient (Wildman–Crippen LogP) is 2.07. The van der Waals surface area contributed by atoms with Crippen LogP contribution < -0.4 is 16.6 Å².